The Morgan fingerprint density at radius 1 is 1.11 bits per heavy atom. The molecular weight excluding hydrogens is 363 g/mol. The second kappa shape index (κ2) is 8.68. The molecule has 1 aliphatic rings. The Morgan fingerprint density at radius 2 is 1.70 bits per heavy atom. The van der Waals surface area contributed by atoms with Gasteiger partial charge in [0, 0.05) is 23.7 Å². The summed E-state index contributed by atoms with van der Waals surface area (Å²) in [4.78, 5) is 17.4. The lowest BCUT2D eigenvalue weighted by molar-refractivity contribution is -0.126. The van der Waals surface area contributed by atoms with Gasteiger partial charge in [-0.1, -0.05) is 35.9 Å². The summed E-state index contributed by atoms with van der Waals surface area (Å²) < 4.78 is 13.4. The summed E-state index contributed by atoms with van der Waals surface area (Å²) in [5.41, 5.74) is 2.14. The molecule has 0 aliphatic carbocycles. The molecule has 1 aliphatic heterocycles. The summed E-state index contributed by atoms with van der Waals surface area (Å²) >= 11 is 5.97. The van der Waals surface area contributed by atoms with Gasteiger partial charge in [-0.2, -0.15) is 0 Å². The third-order valence-corrected chi connectivity index (χ3v) is 5.37. The number of amides is 1. The highest BCUT2D eigenvalue weighted by molar-refractivity contribution is 6.30. The molecule has 0 unspecified atom stereocenters. The van der Waals surface area contributed by atoms with Crippen LogP contribution in [0.1, 0.15) is 24.0 Å². The maximum Gasteiger partial charge on any atom is 0.254 e. The summed E-state index contributed by atoms with van der Waals surface area (Å²) in [5.74, 6) is -0.369. The molecule has 1 fully saturated rings. The fraction of sp³-hybridized carbons (Fsp3) is 0.318. The highest BCUT2D eigenvalue weighted by Gasteiger charge is 2.26. The maximum absolute atomic E-state index is 13.4. The molecule has 1 heterocycles. The predicted octanol–water partition coefficient (Wildman–Crippen LogP) is 4.57. The first kappa shape index (κ1) is 19.6. The molecule has 5 heteroatoms. The van der Waals surface area contributed by atoms with Crippen molar-refractivity contribution in [3.8, 4) is 0 Å². The highest BCUT2D eigenvalue weighted by atomic mass is 35.5. The summed E-state index contributed by atoms with van der Waals surface area (Å²) in [6.07, 6.45) is 3.75. The lowest BCUT2D eigenvalue weighted by Gasteiger charge is -2.35. The van der Waals surface area contributed by atoms with Crippen molar-refractivity contribution in [3.63, 3.8) is 0 Å². The molecule has 2 aromatic rings. The van der Waals surface area contributed by atoms with E-state index >= 15 is 0 Å². The van der Waals surface area contributed by atoms with Gasteiger partial charge in [0.05, 0.1) is 0 Å². The summed E-state index contributed by atoms with van der Waals surface area (Å²) in [5, 5.41) is 0.644. The number of hydrogen-bond acceptors (Lipinski definition) is 2. The molecule has 0 bridgehead atoms. The minimum atomic E-state index is -0.319. The molecule has 1 amide bonds. The second-order valence-electron chi connectivity index (χ2n) is 7.07. The van der Waals surface area contributed by atoms with Gasteiger partial charge in [0.1, 0.15) is 5.82 Å². The lowest BCUT2D eigenvalue weighted by Crippen LogP contribution is -2.44. The monoisotopic (exact) mass is 386 g/mol. The minimum absolute atomic E-state index is 0.0499. The van der Waals surface area contributed by atoms with Crippen LogP contribution in [0.15, 0.2) is 48.5 Å². The molecule has 142 valence electrons. The van der Waals surface area contributed by atoms with Gasteiger partial charge in [-0.25, -0.2) is 4.39 Å². The van der Waals surface area contributed by atoms with E-state index in [0.717, 1.165) is 31.5 Å². The molecule has 0 N–H and O–H groups in total. The fourth-order valence-corrected chi connectivity index (χ4v) is 3.49. The van der Waals surface area contributed by atoms with Crippen LogP contribution in [-0.2, 0) is 4.79 Å². The number of rotatable bonds is 4. The number of likely N-dealkylation sites (N-methyl/N-ethyl adjacent to an activating group) is 1. The Morgan fingerprint density at radius 3 is 2.30 bits per heavy atom. The number of halogens is 2. The minimum Gasteiger partial charge on any atom is -0.339 e. The normalized spacial score (nSPS) is 16.4. The van der Waals surface area contributed by atoms with Crippen molar-refractivity contribution in [1.82, 2.24) is 9.80 Å². The highest BCUT2D eigenvalue weighted by Crippen LogP contribution is 2.25. The van der Waals surface area contributed by atoms with Crippen molar-refractivity contribution >= 4 is 29.2 Å². The first-order valence-corrected chi connectivity index (χ1v) is 9.51. The van der Waals surface area contributed by atoms with E-state index in [-0.39, 0.29) is 17.8 Å². The van der Waals surface area contributed by atoms with Crippen LogP contribution in [0.25, 0.3) is 11.6 Å². The maximum atomic E-state index is 13.4. The van der Waals surface area contributed by atoms with E-state index in [4.69, 9.17) is 11.6 Å². The van der Waals surface area contributed by atoms with Gasteiger partial charge >= 0.3 is 0 Å². The number of carbonyl (C=O) groups is 1. The van der Waals surface area contributed by atoms with Crippen molar-refractivity contribution in [1.29, 1.82) is 0 Å². The molecule has 2 aromatic carbocycles. The van der Waals surface area contributed by atoms with Crippen LogP contribution in [0.5, 0.6) is 0 Å². The van der Waals surface area contributed by atoms with Gasteiger partial charge in [-0.15, -0.1) is 0 Å². The van der Waals surface area contributed by atoms with Crippen molar-refractivity contribution < 1.29 is 9.18 Å². The Labute approximate surface area is 165 Å². The molecule has 0 aromatic heterocycles. The van der Waals surface area contributed by atoms with Gasteiger partial charge < -0.3 is 9.80 Å². The first-order chi connectivity index (χ1) is 12.9. The Balaban J connectivity index is 1.92. The number of piperidine rings is 1. The number of nitrogens with zero attached hydrogens (tertiary/aromatic N) is 2. The summed E-state index contributed by atoms with van der Waals surface area (Å²) in [6.45, 7) is 1.96. The van der Waals surface area contributed by atoms with E-state index in [2.05, 4.69) is 11.9 Å². The second-order valence-corrected chi connectivity index (χ2v) is 7.50. The standard InChI is InChI=1S/C22H24ClFN2O/c1-25-13-11-20(12-14-25)26(2)22(27)21(17-5-9-19(24)10-6-17)15-16-3-7-18(23)8-4-16/h3-10,15,20H,11-14H2,1-2H3. The number of hydrogen-bond donors (Lipinski definition) is 0. The van der Waals surface area contributed by atoms with Gasteiger partial charge in [-0.05, 0) is 74.4 Å². The molecule has 0 radical (unpaired) electrons. The van der Waals surface area contributed by atoms with Crippen LogP contribution in [0, 0.1) is 5.82 Å². The number of benzene rings is 2. The molecular formula is C22H24ClFN2O. The molecule has 27 heavy (non-hydrogen) atoms. The third-order valence-electron chi connectivity index (χ3n) is 5.12. The fourth-order valence-electron chi connectivity index (χ4n) is 3.36. The average Bonchev–Trinajstić information content (AvgIpc) is 2.68. The van der Waals surface area contributed by atoms with Crippen LogP contribution < -0.4 is 0 Å². The van der Waals surface area contributed by atoms with E-state index in [1.807, 2.05) is 30.2 Å². The van der Waals surface area contributed by atoms with Crippen molar-refractivity contribution in [3.05, 3.63) is 70.5 Å². The van der Waals surface area contributed by atoms with E-state index < -0.39 is 0 Å². The van der Waals surface area contributed by atoms with Crippen LogP contribution >= 0.6 is 11.6 Å². The van der Waals surface area contributed by atoms with Crippen LogP contribution in [0.4, 0.5) is 4.39 Å². The number of carbonyl (C=O) groups excluding carboxylic acids is 1. The zero-order valence-electron chi connectivity index (χ0n) is 15.7. The van der Waals surface area contributed by atoms with Gasteiger partial charge in [0.2, 0.25) is 0 Å². The number of likely N-dealkylation sites (tertiary alicyclic amines) is 1. The van der Waals surface area contributed by atoms with Crippen LogP contribution in [0.3, 0.4) is 0 Å². The first-order valence-electron chi connectivity index (χ1n) is 9.13. The predicted molar refractivity (Wildman–Crippen MR) is 109 cm³/mol. The molecule has 3 rings (SSSR count). The topological polar surface area (TPSA) is 23.6 Å². The van der Waals surface area contributed by atoms with E-state index in [1.54, 1.807) is 24.3 Å². The van der Waals surface area contributed by atoms with Crippen LogP contribution in [0.2, 0.25) is 5.02 Å². The van der Waals surface area contributed by atoms with Crippen molar-refractivity contribution in [2.24, 2.45) is 0 Å². The lowest BCUT2D eigenvalue weighted by atomic mass is 9.98. The largest absolute Gasteiger partial charge is 0.339 e. The quantitative estimate of drug-likeness (QED) is 0.567. The zero-order valence-corrected chi connectivity index (χ0v) is 16.4. The third kappa shape index (κ3) is 4.96. The van der Waals surface area contributed by atoms with Crippen molar-refractivity contribution in [2.45, 2.75) is 18.9 Å². The SMILES string of the molecule is CN1CCC(N(C)C(=O)C(=Cc2ccc(Cl)cc2)c2ccc(F)cc2)CC1. The molecule has 3 nitrogen and oxygen atoms in total. The van der Waals surface area contributed by atoms with E-state index in [1.165, 1.54) is 12.1 Å². The van der Waals surface area contributed by atoms with E-state index in [9.17, 15) is 9.18 Å². The van der Waals surface area contributed by atoms with Crippen molar-refractivity contribution in [2.75, 3.05) is 27.2 Å². The van der Waals surface area contributed by atoms with Crippen LogP contribution in [-0.4, -0.2) is 48.9 Å². The Bertz CT molecular complexity index is 809. The molecule has 0 spiro atoms. The van der Waals surface area contributed by atoms with Gasteiger partial charge in [0.25, 0.3) is 5.91 Å². The van der Waals surface area contributed by atoms with E-state index in [0.29, 0.717) is 16.2 Å². The van der Waals surface area contributed by atoms with Gasteiger partial charge in [0.15, 0.2) is 0 Å². The Hall–Kier alpha value is -2.17. The molecule has 0 saturated carbocycles. The average molecular weight is 387 g/mol. The summed E-state index contributed by atoms with van der Waals surface area (Å²) in [7, 11) is 3.96. The zero-order chi connectivity index (χ0) is 19.4. The van der Waals surface area contributed by atoms with Gasteiger partial charge in [-0.3, -0.25) is 4.79 Å². The smallest absolute Gasteiger partial charge is 0.254 e. The summed E-state index contributed by atoms with van der Waals surface area (Å²) in [6, 6.07) is 13.6. The Kier molecular flexibility index (Phi) is 6.30. The molecule has 0 atom stereocenters. The molecule has 1 saturated heterocycles.